The molecule has 5 nitrogen and oxygen atoms in total. The lowest BCUT2D eigenvalue weighted by Crippen LogP contribution is -2.20. The first-order valence-corrected chi connectivity index (χ1v) is 7.00. The molecule has 2 aromatic rings. The number of nitrogens with one attached hydrogen (secondary N) is 1. The minimum absolute atomic E-state index is 0.0196. The van der Waals surface area contributed by atoms with E-state index in [0.29, 0.717) is 12.1 Å². The molecule has 0 aliphatic carbocycles. The second kappa shape index (κ2) is 7.50. The Labute approximate surface area is 124 Å². The Morgan fingerprint density at radius 2 is 2.05 bits per heavy atom. The smallest absolute Gasteiger partial charge is 0.224 e. The van der Waals surface area contributed by atoms with Gasteiger partial charge in [0, 0.05) is 17.8 Å². The zero-order valence-electron chi connectivity index (χ0n) is 12.2. The van der Waals surface area contributed by atoms with E-state index >= 15 is 0 Å². The molecular formula is C16H21N3O2. The zero-order chi connectivity index (χ0) is 15.1. The highest BCUT2D eigenvalue weighted by Crippen LogP contribution is 2.11. The van der Waals surface area contributed by atoms with Crippen LogP contribution in [0.4, 0.5) is 11.4 Å². The molecule has 0 fully saturated rings. The average molecular weight is 287 g/mol. The molecular weight excluding hydrogens is 266 g/mol. The number of nitrogens with zero attached hydrogens (tertiary/aromatic N) is 1. The van der Waals surface area contributed by atoms with Crippen molar-refractivity contribution >= 4 is 17.3 Å². The van der Waals surface area contributed by atoms with Crippen molar-refractivity contribution in [3.05, 3.63) is 48.4 Å². The number of anilines is 2. The summed E-state index contributed by atoms with van der Waals surface area (Å²) in [5.74, 6) is 0.954. The number of rotatable bonds is 7. The minimum Gasteiger partial charge on any atom is -0.468 e. The molecule has 1 heterocycles. The van der Waals surface area contributed by atoms with Crippen molar-refractivity contribution in [2.24, 2.45) is 0 Å². The number of furan rings is 1. The molecule has 5 heteroatoms. The molecule has 0 aliphatic heterocycles. The van der Waals surface area contributed by atoms with Crippen LogP contribution in [-0.2, 0) is 11.3 Å². The minimum atomic E-state index is 0.0196. The van der Waals surface area contributed by atoms with E-state index in [9.17, 15) is 4.79 Å². The predicted octanol–water partition coefficient (Wildman–Crippen LogP) is 2.71. The van der Waals surface area contributed by atoms with Crippen LogP contribution in [0.3, 0.4) is 0 Å². The predicted molar refractivity (Wildman–Crippen MR) is 83.8 cm³/mol. The van der Waals surface area contributed by atoms with E-state index < -0.39 is 0 Å². The molecule has 2 rings (SSSR count). The molecule has 0 unspecified atom stereocenters. The summed E-state index contributed by atoms with van der Waals surface area (Å²) in [5, 5.41) is 2.86. The average Bonchev–Trinajstić information content (AvgIpc) is 2.94. The third-order valence-corrected chi connectivity index (χ3v) is 3.14. The third kappa shape index (κ3) is 5.31. The van der Waals surface area contributed by atoms with Gasteiger partial charge < -0.3 is 15.5 Å². The van der Waals surface area contributed by atoms with Crippen LogP contribution >= 0.6 is 0 Å². The summed E-state index contributed by atoms with van der Waals surface area (Å²) >= 11 is 0. The highest BCUT2D eigenvalue weighted by Gasteiger charge is 2.05. The maximum atomic E-state index is 11.8. The summed E-state index contributed by atoms with van der Waals surface area (Å²) in [6.45, 7) is 1.60. The van der Waals surface area contributed by atoms with Crippen LogP contribution < -0.4 is 11.1 Å². The number of amides is 1. The van der Waals surface area contributed by atoms with Crippen LogP contribution in [0.5, 0.6) is 0 Å². The van der Waals surface area contributed by atoms with Crippen LogP contribution in [0.1, 0.15) is 18.6 Å². The second-order valence-corrected chi connectivity index (χ2v) is 5.09. The van der Waals surface area contributed by atoms with Gasteiger partial charge in [-0.05, 0) is 56.4 Å². The lowest BCUT2D eigenvalue weighted by atomic mass is 10.2. The molecule has 1 amide bonds. The lowest BCUT2D eigenvalue weighted by Gasteiger charge is -2.14. The SMILES string of the molecule is CN(CCCC(=O)Nc1ccc(N)cc1)Cc1ccco1. The first-order chi connectivity index (χ1) is 10.1. The molecule has 1 aromatic carbocycles. The summed E-state index contributed by atoms with van der Waals surface area (Å²) in [4.78, 5) is 14.0. The molecule has 0 aliphatic rings. The van der Waals surface area contributed by atoms with Crippen LogP contribution in [0.25, 0.3) is 0 Å². The van der Waals surface area contributed by atoms with Gasteiger partial charge in [0.05, 0.1) is 12.8 Å². The van der Waals surface area contributed by atoms with E-state index in [2.05, 4.69) is 10.2 Å². The summed E-state index contributed by atoms with van der Waals surface area (Å²) in [5.41, 5.74) is 7.06. The van der Waals surface area contributed by atoms with E-state index in [1.54, 1.807) is 30.5 Å². The van der Waals surface area contributed by atoms with Crippen molar-refractivity contribution in [3.8, 4) is 0 Å². The number of hydrogen-bond acceptors (Lipinski definition) is 4. The summed E-state index contributed by atoms with van der Waals surface area (Å²) in [6.07, 6.45) is 2.97. The Morgan fingerprint density at radius 1 is 1.29 bits per heavy atom. The van der Waals surface area contributed by atoms with Crippen molar-refractivity contribution in [1.29, 1.82) is 0 Å². The number of carbonyl (C=O) groups excluding carboxylic acids is 1. The zero-order valence-corrected chi connectivity index (χ0v) is 12.2. The topological polar surface area (TPSA) is 71.5 Å². The van der Waals surface area contributed by atoms with Gasteiger partial charge in [-0.15, -0.1) is 0 Å². The van der Waals surface area contributed by atoms with Gasteiger partial charge in [0.1, 0.15) is 5.76 Å². The van der Waals surface area contributed by atoms with E-state index in [4.69, 9.17) is 10.2 Å². The molecule has 1 aromatic heterocycles. The Bertz CT molecular complexity index is 549. The lowest BCUT2D eigenvalue weighted by molar-refractivity contribution is -0.116. The fourth-order valence-electron chi connectivity index (χ4n) is 2.05. The Morgan fingerprint density at radius 3 is 2.71 bits per heavy atom. The molecule has 0 saturated carbocycles. The van der Waals surface area contributed by atoms with E-state index in [0.717, 1.165) is 31.0 Å². The van der Waals surface area contributed by atoms with Crippen LogP contribution in [0.2, 0.25) is 0 Å². The maximum absolute atomic E-state index is 11.8. The van der Waals surface area contributed by atoms with Gasteiger partial charge in [0.2, 0.25) is 5.91 Å². The van der Waals surface area contributed by atoms with Crippen LogP contribution in [0.15, 0.2) is 47.1 Å². The van der Waals surface area contributed by atoms with Crippen molar-refractivity contribution in [2.45, 2.75) is 19.4 Å². The van der Waals surface area contributed by atoms with Gasteiger partial charge in [-0.2, -0.15) is 0 Å². The monoisotopic (exact) mass is 287 g/mol. The van der Waals surface area contributed by atoms with Crippen LogP contribution in [0, 0.1) is 0 Å². The number of hydrogen-bond donors (Lipinski definition) is 2. The molecule has 0 atom stereocenters. The van der Waals surface area contributed by atoms with Gasteiger partial charge in [-0.3, -0.25) is 9.69 Å². The largest absolute Gasteiger partial charge is 0.468 e. The fraction of sp³-hybridized carbons (Fsp3) is 0.312. The van der Waals surface area contributed by atoms with Gasteiger partial charge >= 0.3 is 0 Å². The molecule has 3 N–H and O–H groups in total. The number of nitrogen functional groups attached to an aromatic ring is 1. The summed E-state index contributed by atoms with van der Waals surface area (Å²) < 4.78 is 5.29. The molecule has 21 heavy (non-hydrogen) atoms. The second-order valence-electron chi connectivity index (χ2n) is 5.09. The summed E-state index contributed by atoms with van der Waals surface area (Å²) in [6, 6.07) is 11.0. The standard InChI is InChI=1S/C16H21N3O2/c1-19(12-15-4-3-11-21-15)10-2-5-16(20)18-14-8-6-13(17)7-9-14/h3-4,6-9,11H,2,5,10,12,17H2,1H3,(H,18,20). The summed E-state index contributed by atoms with van der Waals surface area (Å²) in [7, 11) is 2.01. The van der Waals surface area contributed by atoms with Crippen molar-refractivity contribution < 1.29 is 9.21 Å². The van der Waals surface area contributed by atoms with Crippen molar-refractivity contribution in [3.63, 3.8) is 0 Å². The van der Waals surface area contributed by atoms with E-state index in [-0.39, 0.29) is 5.91 Å². The third-order valence-electron chi connectivity index (χ3n) is 3.14. The van der Waals surface area contributed by atoms with Gasteiger partial charge in [0.15, 0.2) is 0 Å². The number of carbonyl (C=O) groups is 1. The normalized spacial score (nSPS) is 10.8. The van der Waals surface area contributed by atoms with Crippen LogP contribution in [-0.4, -0.2) is 24.4 Å². The molecule has 0 spiro atoms. The quantitative estimate of drug-likeness (QED) is 0.768. The van der Waals surface area contributed by atoms with Crippen molar-refractivity contribution in [2.75, 3.05) is 24.6 Å². The highest BCUT2D eigenvalue weighted by atomic mass is 16.3. The molecule has 0 saturated heterocycles. The van der Waals surface area contributed by atoms with E-state index in [1.165, 1.54) is 0 Å². The van der Waals surface area contributed by atoms with E-state index in [1.807, 2.05) is 19.2 Å². The van der Waals surface area contributed by atoms with Gasteiger partial charge in [-0.25, -0.2) is 0 Å². The molecule has 0 bridgehead atoms. The first kappa shape index (κ1) is 15.1. The fourth-order valence-corrected chi connectivity index (χ4v) is 2.05. The first-order valence-electron chi connectivity index (χ1n) is 7.00. The number of nitrogens with two attached hydrogens (primary N) is 1. The molecule has 0 radical (unpaired) electrons. The maximum Gasteiger partial charge on any atom is 0.224 e. The highest BCUT2D eigenvalue weighted by molar-refractivity contribution is 5.90. The van der Waals surface area contributed by atoms with Gasteiger partial charge in [-0.1, -0.05) is 0 Å². The Kier molecular flexibility index (Phi) is 5.40. The number of benzene rings is 1. The van der Waals surface area contributed by atoms with Gasteiger partial charge in [0.25, 0.3) is 0 Å². The Hall–Kier alpha value is -2.27. The van der Waals surface area contributed by atoms with Crippen molar-refractivity contribution in [1.82, 2.24) is 4.90 Å². The molecule has 112 valence electrons. The Balaban J connectivity index is 1.65.